The average Bonchev–Trinajstić information content (AvgIpc) is 2.40. The highest BCUT2D eigenvalue weighted by Gasteiger charge is 2.07. The molecule has 2 rings (SSSR count). The number of carboxylic acids is 1. The molecule has 1 N–H and O–H groups in total. The third-order valence-electron chi connectivity index (χ3n) is 2.54. The Labute approximate surface area is 103 Å². The van der Waals surface area contributed by atoms with Crippen molar-refractivity contribution >= 4 is 5.97 Å². The first-order valence-corrected chi connectivity index (χ1v) is 5.34. The van der Waals surface area contributed by atoms with Crippen LogP contribution in [0.15, 0.2) is 48.5 Å². The van der Waals surface area contributed by atoms with Gasteiger partial charge in [0.25, 0.3) is 0 Å². The molecular weight excluding hydrogens is 235 g/mol. The molecular formula is C14H11FO3. The summed E-state index contributed by atoms with van der Waals surface area (Å²) in [6.45, 7) is -0.899. The SMILES string of the molecule is O=C(O)c1ccc(-c2ccccc2OCF)cc1. The summed E-state index contributed by atoms with van der Waals surface area (Å²) in [5.74, 6) is -0.544. The molecule has 2 aromatic carbocycles. The molecule has 0 bridgehead atoms. The van der Waals surface area contributed by atoms with Gasteiger partial charge in [0.2, 0.25) is 6.86 Å². The normalized spacial score (nSPS) is 10.1. The zero-order valence-electron chi connectivity index (χ0n) is 9.47. The molecule has 0 fully saturated rings. The Bertz CT molecular complexity index is 549. The number of ether oxygens (including phenoxy) is 1. The van der Waals surface area contributed by atoms with Gasteiger partial charge in [-0.25, -0.2) is 9.18 Å². The Hall–Kier alpha value is -2.36. The molecule has 0 aliphatic carbocycles. The van der Waals surface area contributed by atoms with Gasteiger partial charge in [0.05, 0.1) is 5.56 Å². The zero-order valence-corrected chi connectivity index (χ0v) is 9.47. The van der Waals surface area contributed by atoms with Gasteiger partial charge < -0.3 is 9.84 Å². The van der Waals surface area contributed by atoms with E-state index in [4.69, 9.17) is 9.84 Å². The van der Waals surface area contributed by atoms with E-state index in [1.807, 2.05) is 6.07 Å². The maximum absolute atomic E-state index is 12.2. The summed E-state index contributed by atoms with van der Waals surface area (Å²) in [6.07, 6.45) is 0. The van der Waals surface area contributed by atoms with Crippen molar-refractivity contribution in [1.82, 2.24) is 0 Å². The first-order valence-electron chi connectivity index (χ1n) is 5.34. The third-order valence-corrected chi connectivity index (χ3v) is 2.54. The molecule has 0 atom stereocenters. The van der Waals surface area contributed by atoms with E-state index >= 15 is 0 Å². The largest absolute Gasteiger partial charge is 0.478 e. The van der Waals surface area contributed by atoms with Crippen molar-refractivity contribution in [2.75, 3.05) is 6.86 Å². The number of alkyl halides is 1. The number of benzene rings is 2. The number of halogens is 1. The summed E-state index contributed by atoms with van der Waals surface area (Å²) in [6, 6.07) is 13.4. The van der Waals surface area contributed by atoms with E-state index in [2.05, 4.69) is 0 Å². The highest BCUT2D eigenvalue weighted by Crippen LogP contribution is 2.29. The Morgan fingerprint density at radius 3 is 2.39 bits per heavy atom. The van der Waals surface area contributed by atoms with Crippen molar-refractivity contribution in [3.05, 3.63) is 54.1 Å². The minimum Gasteiger partial charge on any atom is -0.478 e. The van der Waals surface area contributed by atoms with Gasteiger partial charge in [-0.1, -0.05) is 30.3 Å². The number of carbonyl (C=O) groups is 1. The molecule has 0 saturated carbocycles. The van der Waals surface area contributed by atoms with Gasteiger partial charge in [-0.2, -0.15) is 0 Å². The molecule has 0 amide bonds. The van der Waals surface area contributed by atoms with E-state index < -0.39 is 12.8 Å². The molecule has 0 aliphatic rings. The van der Waals surface area contributed by atoms with Crippen LogP contribution in [0.2, 0.25) is 0 Å². The molecule has 0 spiro atoms. The van der Waals surface area contributed by atoms with Crippen LogP contribution in [0.25, 0.3) is 11.1 Å². The molecule has 2 aromatic rings. The van der Waals surface area contributed by atoms with Crippen LogP contribution in [0, 0.1) is 0 Å². The van der Waals surface area contributed by atoms with Crippen LogP contribution in [-0.4, -0.2) is 17.9 Å². The first kappa shape index (κ1) is 12.1. The second kappa shape index (κ2) is 5.31. The molecule has 0 aromatic heterocycles. The standard InChI is InChI=1S/C14H11FO3/c15-9-18-13-4-2-1-3-12(13)10-5-7-11(8-6-10)14(16)17/h1-8H,9H2,(H,16,17). The van der Waals surface area contributed by atoms with Crippen LogP contribution in [0.1, 0.15) is 10.4 Å². The van der Waals surface area contributed by atoms with Crippen LogP contribution in [-0.2, 0) is 0 Å². The van der Waals surface area contributed by atoms with Crippen LogP contribution in [0.5, 0.6) is 5.75 Å². The molecule has 92 valence electrons. The molecule has 3 nitrogen and oxygen atoms in total. The van der Waals surface area contributed by atoms with Crippen LogP contribution >= 0.6 is 0 Å². The summed E-state index contributed by atoms with van der Waals surface area (Å²) in [5, 5.41) is 8.81. The Morgan fingerprint density at radius 1 is 1.11 bits per heavy atom. The first-order chi connectivity index (χ1) is 8.72. The second-order valence-electron chi connectivity index (χ2n) is 3.63. The summed E-state index contributed by atoms with van der Waals surface area (Å²) in [7, 11) is 0. The number of aromatic carboxylic acids is 1. The van der Waals surface area contributed by atoms with Gasteiger partial charge >= 0.3 is 5.97 Å². The highest BCUT2D eigenvalue weighted by molar-refractivity contribution is 5.88. The van der Waals surface area contributed by atoms with E-state index in [1.165, 1.54) is 12.1 Å². The number of para-hydroxylation sites is 1. The van der Waals surface area contributed by atoms with Crippen molar-refractivity contribution in [2.24, 2.45) is 0 Å². The van der Waals surface area contributed by atoms with Crippen LogP contribution in [0.3, 0.4) is 0 Å². The van der Waals surface area contributed by atoms with E-state index in [0.717, 1.165) is 11.1 Å². The molecule has 0 unspecified atom stereocenters. The molecule has 0 saturated heterocycles. The van der Waals surface area contributed by atoms with Crippen LogP contribution < -0.4 is 4.74 Å². The van der Waals surface area contributed by atoms with Gasteiger partial charge in [-0.05, 0) is 23.8 Å². The lowest BCUT2D eigenvalue weighted by atomic mass is 10.0. The summed E-state index contributed by atoms with van der Waals surface area (Å²) >= 11 is 0. The van der Waals surface area contributed by atoms with E-state index in [0.29, 0.717) is 5.75 Å². The summed E-state index contributed by atoms with van der Waals surface area (Å²) in [4.78, 5) is 10.7. The topological polar surface area (TPSA) is 46.5 Å². The van der Waals surface area contributed by atoms with Crippen molar-refractivity contribution in [2.45, 2.75) is 0 Å². The fourth-order valence-corrected chi connectivity index (χ4v) is 1.68. The summed E-state index contributed by atoms with van der Waals surface area (Å²) in [5.41, 5.74) is 1.72. The lowest BCUT2D eigenvalue weighted by molar-refractivity contribution is 0.0697. The van der Waals surface area contributed by atoms with Gasteiger partial charge in [-0.15, -0.1) is 0 Å². The minimum absolute atomic E-state index is 0.211. The monoisotopic (exact) mass is 246 g/mol. The number of rotatable bonds is 4. The number of hydrogen-bond donors (Lipinski definition) is 1. The summed E-state index contributed by atoms with van der Waals surface area (Å²) < 4.78 is 17.1. The average molecular weight is 246 g/mol. The lowest BCUT2D eigenvalue weighted by Crippen LogP contribution is -1.96. The molecule has 4 heteroatoms. The fraction of sp³-hybridized carbons (Fsp3) is 0.0714. The minimum atomic E-state index is -0.977. The Kier molecular flexibility index (Phi) is 3.57. The van der Waals surface area contributed by atoms with Gasteiger partial charge in [-0.3, -0.25) is 0 Å². The second-order valence-corrected chi connectivity index (χ2v) is 3.63. The van der Waals surface area contributed by atoms with E-state index in [-0.39, 0.29) is 5.56 Å². The van der Waals surface area contributed by atoms with Crippen molar-refractivity contribution in [3.63, 3.8) is 0 Å². The quantitative estimate of drug-likeness (QED) is 0.899. The fourth-order valence-electron chi connectivity index (χ4n) is 1.68. The highest BCUT2D eigenvalue weighted by atomic mass is 19.1. The smallest absolute Gasteiger partial charge is 0.335 e. The molecule has 0 aliphatic heterocycles. The van der Waals surface area contributed by atoms with E-state index in [1.54, 1.807) is 30.3 Å². The molecule has 18 heavy (non-hydrogen) atoms. The lowest BCUT2D eigenvalue weighted by Gasteiger charge is -2.09. The number of carboxylic acid groups (broad SMARTS) is 1. The number of hydrogen-bond acceptors (Lipinski definition) is 2. The van der Waals surface area contributed by atoms with Crippen molar-refractivity contribution in [3.8, 4) is 16.9 Å². The third kappa shape index (κ3) is 2.48. The predicted molar refractivity (Wildman–Crippen MR) is 65.4 cm³/mol. The Morgan fingerprint density at radius 2 is 1.78 bits per heavy atom. The predicted octanol–water partition coefficient (Wildman–Crippen LogP) is 3.36. The van der Waals surface area contributed by atoms with Crippen molar-refractivity contribution < 1.29 is 19.0 Å². The maximum atomic E-state index is 12.2. The molecule has 0 radical (unpaired) electrons. The van der Waals surface area contributed by atoms with Gasteiger partial charge in [0, 0.05) is 5.56 Å². The maximum Gasteiger partial charge on any atom is 0.335 e. The zero-order chi connectivity index (χ0) is 13.0. The van der Waals surface area contributed by atoms with Gasteiger partial charge in [0.1, 0.15) is 5.75 Å². The van der Waals surface area contributed by atoms with Crippen molar-refractivity contribution in [1.29, 1.82) is 0 Å². The Balaban J connectivity index is 2.39. The van der Waals surface area contributed by atoms with Crippen LogP contribution in [0.4, 0.5) is 4.39 Å². The van der Waals surface area contributed by atoms with E-state index in [9.17, 15) is 9.18 Å². The van der Waals surface area contributed by atoms with Gasteiger partial charge in [0.15, 0.2) is 0 Å². The molecule has 0 heterocycles.